The third-order valence-electron chi connectivity index (χ3n) is 3.41. The molecule has 3 heteroatoms. The van der Waals surface area contributed by atoms with Crippen LogP contribution in [0.5, 0.6) is 0 Å². The fourth-order valence-corrected chi connectivity index (χ4v) is 2.56. The van der Waals surface area contributed by atoms with Gasteiger partial charge in [-0.25, -0.2) is 0 Å². The van der Waals surface area contributed by atoms with E-state index in [9.17, 15) is 9.90 Å². The molecule has 100 valence electrons. The summed E-state index contributed by atoms with van der Waals surface area (Å²) in [5.41, 5.74) is 0.0563. The van der Waals surface area contributed by atoms with Gasteiger partial charge in [0.05, 0.1) is 0 Å². The van der Waals surface area contributed by atoms with Crippen molar-refractivity contribution in [1.82, 2.24) is 5.32 Å². The molecule has 2 N–H and O–H groups in total. The summed E-state index contributed by atoms with van der Waals surface area (Å²) < 4.78 is 0. The van der Waals surface area contributed by atoms with Gasteiger partial charge in [-0.2, -0.15) is 0 Å². The van der Waals surface area contributed by atoms with Crippen molar-refractivity contribution in [3.05, 3.63) is 0 Å². The van der Waals surface area contributed by atoms with Crippen molar-refractivity contribution in [3.8, 4) is 0 Å². The highest BCUT2D eigenvalue weighted by atomic mass is 16.4. The Morgan fingerprint density at radius 3 is 2.18 bits per heavy atom. The Balaban J connectivity index is 2.50. The lowest BCUT2D eigenvalue weighted by Crippen LogP contribution is -2.45. The number of hydrogen-bond acceptors (Lipinski definition) is 2. The standard InChI is InChI=1S/C14H27NO2/c1-14(2,3)10-12(13(16)17)15-11-8-6-4-5-7-9-11/h11-12,15H,4-10H2,1-3H3,(H,16,17). The molecular formula is C14H27NO2. The first-order chi connectivity index (χ1) is 7.88. The summed E-state index contributed by atoms with van der Waals surface area (Å²) in [6.45, 7) is 6.28. The number of nitrogens with one attached hydrogen (secondary N) is 1. The third kappa shape index (κ3) is 6.06. The van der Waals surface area contributed by atoms with E-state index in [1.54, 1.807) is 0 Å². The van der Waals surface area contributed by atoms with Gasteiger partial charge < -0.3 is 10.4 Å². The van der Waals surface area contributed by atoms with E-state index in [-0.39, 0.29) is 5.41 Å². The maximum Gasteiger partial charge on any atom is 0.320 e. The van der Waals surface area contributed by atoms with Crippen LogP contribution in [0.1, 0.15) is 65.7 Å². The smallest absolute Gasteiger partial charge is 0.320 e. The van der Waals surface area contributed by atoms with Gasteiger partial charge in [-0.3, -0.25) is 4.79 Å². The third-order valence-corrected chi connectivity index (χ3v) is 3.41. The van der Waals surface area contributed by atoms with Crippen molar-refractivity contribution in [2.45, 2.75) is 77.8 Å². The molecule has 1 unspecified atom stereocenters. The van der Waals surface area contributed by atoms with Crippen LogP contribution in [0.25, 0.3) is 0 Å². The lowest BCUT2D eigenvalue weighted by molar-refractivity contribution is -0.140. The van der Waals surface area contributed by atoms with E-state index in [2.05, 4.69) is 26.1 Å². The zero-order valence-electron chi connectivity index (χ0n) is 11.5. The Bertz CT molecular complexity index is 237. The molecule has 0 radical (unpaired) electrons. The van der Waals surface area contributed by atoms with Crippen LogP contribution in [0.3, 0.4) is 0 Å². The highest BCUT2D eigenvalue weighted by molar-refractivity contribution is 5.73. The first kappa shape index (κ1) is 14.5. The molecule has 0 aromatic rings. The SMILES string of the molecule is CC(C)(C)CC(NC1CCCCCC1)C(=O)O. The highest BCUT2D eigenvalue weighted by Crippen LogP contribution is 2.23. The maximum atomic E-state index is 11.3. The van der Waals surface area contributed by atoms with E-state index in [1.807, 2.05) is 0 Å². The molecule has 0 heterocycles. The van der Waals surface area contributed by atoms with Gasteiger partial charge in [0.2, 0.25) is 0 Å². The normalized spacial score (nSPS) is 20.9. The lowest BCUT2D eigenvalue weighted by Gasteiger charge is -2.27. The Morgan fingerprint density at radius 1 is 1.24 bits per heavy atom. The lowest BCUT2D eigenvalue weighted by atomic mass is 9.87. The first-order valence-corrected chi connectivity index (χ1v) is 6.87. The second-order valence-electron chi connectivity index (χ2n) is 6.51. The fourth-order valence-electron chi connectivity index (χ4n) is 2.56. The summed E-state index contributed by atoms with van der Waals surface area (Å²) in [5, 5.41) is 12.6. The zero-order chi connectivity index (χ0) is 12.9. The Labute approximate surface area is 105 Å². The van der Waals surface area contributed by atoms with Crippen LogP contribution in [-0.4, -0.2) is 23.2 Å². The van der Waals surface area contributed by atoms with Gasteiger partial charge in [0.25, 0.3) is 0 Å². The molecule has 1 fully saturated rings. The molecule has 0 aromatic carbocycles. The Morgan fingerprint density at radius 2 is 1.76 bits per heavy atom. The van der Waals surface area contributed by atoms with Crippen LogP contribution in [0.2, 0.25) is 0 Å². The summed E-state index contributed by atoms with van der Waals surface area (Å²) in [5.74, 6) is -0.704. The highest BCUT2D eigenvalue weighted by Gasteiger charge is 2.26. The first-order valence-electron chi connectivity index (χ1n) is 6.87. The van der Waals surface area contributed by atoms with Crippen LogP contribution in [0.4, 0.5) is 0 Å². The maximum absolute atomic E-state index is 11.3. The van der Waals surface area contributed by atoms with Crippen molar-refractivity contribution in [2.75, 3.05) is 0 Å². The molecule has 1 atom stereocenters. The fraction of sp³-hybridized carbons (Fsp3) is 0.929. The molecular weight excluding hydrogens is 214 g/mol. The topological polar surface area (TPSA) is 49.3 Å². The molecule has 0 aromatic heterocycles. The van der Waals surface area contributed by atoms with Gasteiger partial charge >= 0.3 is 5.97 Å². The van der Waals surface area contributed by atoms with Crippen LogP contribution in [-0.2, 0) is 4.79 Å². The van der Waals surface area contributed by atoms with Crippen molar-refractivity contribution in [3.63, 3.8) is 0 Å². The van der Waals surface area contributed by atoms with Gasteiger partial charge in [0.15, 0.2) is 0 Å². The summed E-state index contributed by atoms with van der Waals surface area (Å²) in [6.07, 6.45) is 8.03. The number of carboxylic acid groups (broad SMARTS) is 1. The average molecular weight is 241 g/mol. The predicted molar refractivity (Wildman–Crippen MR) is 70.1 cm³/mol. The Kier molecular flexibility index (Phi) is 5.44. The summed E-state index contributed by atoms with van der Waals surface area (Å²) in [4.78, 5) is 11.3. The van der Waals surface area contributed by atoms with E-state index >= 15 is 0 Å². The molecule has 0 amide bonds. The molecule has 17 heavy (non-hydrogen) atoms. The minimum Gasteiger partial charge on any atom is -0.480 e. The summed E-state index contributed by atoms with van der Waals surface area (Å²) in [7, 11) is 0. The molecule has 1 saturated carbocycles. The molecule has 0 spiro atoms. The van der Waals surface area contributed by atoms with Crippen molar-refractivity contribution >= 4 is 5.97 Å². The zero-order valence-corrected chi connectivity index (χ0v) is 11.5. The van der Waals surface area contributed by atoms with Crippen LogP contribution in [0.15, 0.2) is 0 Å². The minimum absolute atomic E-state index is 0.0563. The molecule has 3 nitrogen and oxygen atoms in total. The molecule has 0 saturated heterocycles. The Hall–Kier alpha value is -0.570. The number of carbonyl (C=O) groups is 1. The molecule has 1 aliphatic carbocycles. The quantitative estimate of drug-likeness (QED) is 0.743. The van der Waals surface area contributed by atoms with Gasteiger partial charge in [0, 0.05) is 6.04 Å². The van der Waals surface area contributed by atoms with Crippen LogP contribution in [0, 0.1) is 5.41 Å². The van der Waals surface area contributed by atoms with E-state index in [1.165, 1.54) is 25.7 Å². The summed E-state index contributed by atoms with van der Waals surface area (Å²) >= 11 is 0. The largest absolute Gasteiger partial charge is 0.480 e. The van der Waals surface area contributed by atoms with E-state index < -0.39 is 12.0 Å². The van der Waals surface area contributed by atoms with Gasteiger partial charge in [-0.15, -0.1) is 0 Å². The van der Waals surface area contributed by atoms with Gasteiger partial charge in [-0.1, -0.05) is 46.5 Å². The number of aliphatic carboxylic acids is 1. The summed E-state index contributed by atoms with van der Waals surface area (Å²) in [6, 6.07) is 0.0130. The van der Waals surface area contributed by atoms with E-state index in [0.717, 1.165) is 12.8 Å². The van der Waals surface area contributed by atoms with Crippen LogP contribution >= 0.6 is 0 Å². The monoisotopic (exact) mass is 241 g/mol. The average Bonchev–Trinajstić information content (AvgIpc) is 2.43. The van der Waals surface area contributed by atoms with Gasteiger partial charge in [-0.05, 0) is 24.7 Å². The van der Waals surface area contributed by atoms with Crippen molar-refractivity contribution in [1.29, 1.82) is 0 Å². The second-order valence-corrected chi connectivity index (χ2v) is 6.51. The molecule has 0 bridgehead atoms. The molecule has 1 rings (SSSR count). The van der Waals surface area contributed by atoms with E-state index in [0.29, 0.717) is 12.5 Å². The second kappa shape index (κ2) is 6.39. The predicted octanol–water partition coefficient (Wildman–Crippen LogP) is 3.19. The van der Waals surface area contributed by atoms with Crippen molar-refractivity contribution < 1.29 is 9.90 Å². The number of hydrogen-bond donors (Lipinski definition) is 2. The minimum atomic E-state index is -0.704. The number of carboxylic acids is 1. The molecule has 1 aliphatic rings. The van der Waals surface area contributed by atoms with Crippen molar-refractivity contribution in [2.24, 2.45) is 5.41 Å². The van der Waals surface area contributed by atoms with Gasteiger partial charge in [0.1, 0.15) is 6.04 Å². The van der Waals surface area contributed by atoms with Crippen LogP contribution < -0.4 is 5.32 Å². The van der Waals surface area contributed by atoms with E-state index in [4.69, 9.17) is 0 Å². The number of rotatable bonds is 4. The molecule has 0 aliphatic heterocycles.